The number of amidine groups is 1. The minimum Gasteiger partial charge on any atom is -0.326 e. The predicted octanol–water partition coefficient (Wildman–Crippen LogP) is 5.25. The Morgan fingerprint density at radius 3 is 2.37 bits per heavy atom. The van der Waals surface area contributed by atoms with Gasteiger partial charge in [-0.3, -0.25) is 14.5 Å². The molecule has 4 rings (SSSR count). The van der Waals surface area contributed by atoms with Crippen LogP contribution in [0, 0.1) is 0 Å². The third-order valence-corrected chi connectivity index (χ3v) is 9.03. The van der Waals surface area contributed by atoms with E-state index in [9.17, 15) is 18.0 Å². The maximum Gasteiger partial charge on any atom is 0.284 e. The van der Waals surface area contributed by atoms with Crippen molar-refractivity contribution in [3.63, 3.8) is 0 Å². The Bertz CT molecular complexity index is 1210. The summed E-state index contributed by atoms with van der Waals surface area (Å²) in [7, 11) is -4.01. The Labute approximate surface area is 215 Å². The van der Waals surface area contributed by atoms with E-state index in [4.69, 9.17) is 11.6 Å². The Hall–Kier alpha value is -2.36. The second kappa shape index (κ2) is 11.1. The van der Waals surface area contributed by atoms with E-state index in [0.29, 0.717) is 10.7 Å². The highest BCUT2D eigenvalue weighted by Crippen LogP contribution is 2.36. The molecule has 1 heterocycles. The number of aryl methyl sites for hydroxylation is 1. The van der Waals surface area contributed by atoms with Gasteiger partial charge in [0.1, 0.15) is 5.25 Å². The van der Waals surface area contributed by atoms with Crippen LogP contribution in [0.1, 0.15) is 51.0 Å². The maximum absolute atomic E-state index is 13.4. The number of rotatable bonds is 7. The van der Waals surface area contributed by atoms with Crippen LogP contribution >= 0.6 is 23.4 Å². The second-order valence-corrected chi connectivity index (χ2v) is 11.9. The number of benzene rings is 2. The van der Waals surface area contributed by atoms with Crippen molar-refractivity contribution in [1.29, 1.82) is 0 Å². The number of halogens is 1. The van der Waals surface area contributed by atoms with Gasteiger partial charge in [-0.15, -0.1) is 4.40 Å². The average Bonchev–Trinajstić information content (AvgIpc) is 3.14. The van der Waals surface area contributed by atoms with Crippen LogP contribution in [0.5, 0.6) is 0 Å². The summed E-state index contributed by atoms with van der Waals surface area (Å²) in [5.41, 5.74) is 1.60. The standard InChI is InChI=1S/C25H28ClN3O4S2/c1-2-17-8-14-21(15-9-17)35(32,33)28-25-29(20-6-4-3-5-7-20)24(31)22(34-25)16-23(30)27-19-12-10-18(26)11-13-19/h8-15,20,22H,2-7,16H2,1H3,(H,27,30)/t22-/m1/s1. The fraction of sp³-hybridized carbons (Fsp3) is 0.400. The van der Waals surface area contributed by atoms with Gasteiger partial charge in [0, 0.05) is 23.2 Å². The van der Waals surface area contributed by atoms with Gasteiger partial charge in [0.15, 0.2) is 5.17 Å². The van der Waals surface area contributed by atoms with Gasteiger partial charge >= 0.3 is 0 Å². The van der Waals surface area contributed by atoms with Gasteiger partial charge in [0.05, 0.1) is 4.90 Å². The summed E-state index contributed by atoms with van der Waals surface area (Å²) in [6.45, 7) is 2.00. The summed E-state index contributed by atoms with van der Waals surface area (Å²) in [6, 6.07) is 13.2. The largest absolute Gasteiger partial charge is 0.326 e. The van der Waals surface area contributed by atoms with Crippen LogP contribution in [0.3, 0.4) is 0 Å². The zero-order valence-electron chi connectivity index (χ0n) is 19.4. The van der Waals surface area contributed by atoms with Gasteiger partial charge in [-0.1, -0.05) is 61.7 Å². The number of nitrogens with zero attached hydrogens (tertiary/aromatic N) is 2. The zero-order valence-corrected chi connectivity index (χ0v) is 21.8. The zero-order chi connectivity index (χ0) is 25.0. The van der Waals surface area contributed by atoms with Crippen LogP contribution in [0.25, 0.3) is 0 Å². The lowest BCUT2D eigenvalue weighted by molar-refractivity contribution is -0.130. The van der Waals surface area contributed by atoms with Crippen molar-refractivity contribution in [1.82, 2.24) is 4.90 Å². The van der Waals surface area contributed by atoms with Gasteiger partial charge in [0.2, 0.25) is 11.8 Å². The predicted molar refractivity (Wildman–Crippen MR) is 140 cm³/mol. The van der Waals surface area contributed by atoms with Crippen molar-refractivity contribution in [2.24, 2.45) is 4.40 Å². The normalized spacial score (nSPS) is 20.4. The van der Waals surface area contributed by atoms with Crippen LogP contribution in [0.4, 0.5) is 5.69 Å². The van der Waals surface area contributed by atoms with Crippen molar-refractivity contribution in [2.75, 3.05) is 5.32 Å². The Morgan fingerprint density at radius 2 is 1.74 bits per heavy atom. The SMILES string of the molecule is CCc1ccc(S(=O)(=O)N=C2S[C@H](CC(=O)Nc3ccc(Cl)cc3)C(=O)N2C2CCCCC2)cc1. The molecule has 0 radical (unpaired) electrons. The molecule has 10 heteroatoms. The minimum absolute atomic E-state index is 0.0837. The number of carbonyl (C=O) groups is 2. The highest BCUT2D eigenvalue weighted by Gasteiger charge is 2.43. The molecule has 0 spiro atoms. The maximum atomic E-state index is 13.4. The van der Waals surface area contributed by atoms with Crippen molar-refractivity contribution in [3.05, 3.63) is 59.1 Å². The van der Waals surface area contributed by atoms with Gasteiger partial charge in [0.25, 0.3) is 10.0 Å². The fourth-order valence-corrected chi connectivity index (χ4v) is 6.85. The van der Waals surface area contributed by atoms with Crippen LogP contribution in [0.2, 0.25) is 5.02 Å². The van der Waals surface area contributed by atoms with E-state index in [0.717, 1.165) is 55.9 Å². The van der Waals surface area contributed by atoms with Crippen LogP contribution in [-0.4, -0.2) is 41.6 Å². The fourth-order valence-electron chi connectivity index (χ4n) is 4.32. The van der Waals surface area contributed by atoms with E-state index >= 15 is 0 Å². The highest BCUT2D eigenvalue weighted by atomic mass is 35.5. The summed E-state index contributed by atoms with van der Waals surface area (Å²) >= 11 is 6.95. The number of nitrogens with one attached hydrogen (secondary N) is 1. The molecule has 1 N–H and O–H groups in total. The molecule has 0 bridgehead atoms. The van der Waals surface area contributed by atoms with E-state index < -0.39 is 15.3 Å². The summed E-state index contributed by atoms with van der Waals surface area (Å²) in [5.74, 6) is -0.593. The van der Waals surface area contributed by atoms with Gasteiger partial charge in [-0.05, 0) is 61.2 Å². The molecular formula is C25H28ClN3O4S2. The molecule has 1 saturated carbocycles. The summed E-state index contributed by atoms with van der Waals surface area (Å²) < 4.78 is 30.3. The van der Waals surface area contributed by atoms with Crippen molar-refractivity contribution >= 4 is 56.1 Å². The van der Waals surface area contributed by atoms with Crippen LogP contribution in [0.15, 0.2) is 57.8 Å². The Balaban J connectivity index is 1.57. The van der Waals surface area contributed by atoms with Gasteiger partial charge in [-0.2, -0.15) is 8.42 Å². The number of anilines is 1. The molecule has 186 valence electrons. The smallest absolute Gasteiger partial charge is 0.284 e. The number of thioether (sulfide) groups is 1. The molecular weight excluding hydrogens is 506 g/mol. The quantitative estimate of drug-likeness (QED) is 0.524. The van der Waals surface area contributed by atoms with E-state index in [1.54, 1.807) is 48.5 Å². The molecule has 1 saturated heterocycles. The van der Waals surface area contributed by atoms with Crippen molar-refractivity contribution < 1.29 is 18.0 Å². The van der Waals surface area contributed by atoms with Crippen molar-refractivity contribution in [2.45, 2.75) is 68.1 Å². The lowest BCUT2D eigenvalue weighted by atomic mass is 9.94. The van der Waals surface area contributed by atoms with E-state index in [2.05, 4.69) is 9.71 Å². The number of hydrogen-bond donors (Lipinski definition) is 1. The summed E-state index contributed by atoms with van der Waals surface area (Å²) in [6.07, 6.45) is 5.33. The third-order valence-electron chi connectivity index (χ3n) is 6.23. The molecule has 2 fully saturated rings. The summed E-state index contributed by atoms with van der Waals surface area (Å²) in [4.78, 5) is 27.7. The molecule has 2 aliphatic rings. The number of sulfonamides is 1. The van der Waals surface area contributed by atoms with E-state index in [1.165, 1.54) is 4.90 Å². The molecule has 1 aliphatic carbocycles. The Morgan fingerprint density at radius 1 is 1.09 bits per heavy atom. The molecule has 2 amide bonds. The lowest BCUT2D eigenvalue weighted by Gasteiger charge is -2.30. The number of amides is 2. The molecule has 1 atom stereocenters. The summed E-state index contributed by atoms with van der Waals surface area (Å²) in [5, 5.41) is 2.75. The molecule has 2 aromatic rings. The molecule has 35 heavy (non-hydrogen) atoms. The van der Waals surface area contributed by atoms with Crippen molar-refractivity contribution in [3.8, 4) is 0 Å². The first-order valence-electron chi connectivity index (χ1n) is 11.8. The molecule has 0 aromatic heterocycles. The first kappa shape index (κ1) is 25.7. The molecule has 7 nitrogen and oxygen atoms in total. The first-order valence-corrected chi connectivity index (χ1v) is 14.5. The average molecular weight is 534 g/mol. The monoisotopic (exact) mass is 533 g/mol. The molecule has 2 aromatic carbocycles. The number of hydrogen-bond acceptors (Lipinski definition) is 5. The highest BCUT2D eigenvalue weighted by molar-refractivity contribution is 8.16. The second-order valence-electron chi connectivity index (χ2n) is 8.71. The van der Waals surface area contributed by atoms with Gasteiger partial charge in [-0.25, -0.2) is 0 Å². The lowest BCUT2D eigenvalue weighted by Crippen LogP contribution is -2.42. The molecule has 1 aliphatic heterocycles. The third kappa shape index (κ3) is 6.26. The topological polar surface area (TPSA) is 95.9 Å². The van der Waals surface area contributed by atoms with Crippen LogP contribution < -0.4 is 5.32 Å². The minimum atomic E-state index is -4.01. The number of carbonyl (C=O) groups excluding carboxylic acids is 2. The van der Waals surface area contributed by atoms with E-state index in [1.807, 2.05) is 6.92 Å². The van der Waals surface area contributed by atoms with Gasteiger partial charge < -0.3 is 5.32 Å². The van der Waals surface area contributed by atoms with E-state index in [-0.39, 0.29) is 34.3 Å². The van der Waals surface area contributed by atoms with Crippen LogP contribution in [-0.2, 0) is 26.0 Å². The first-order chi connectivity index (χ1) is 16.8. The Kier molecular flexibility index (Phi) is 8.19. The molecule has 0 unspecified atom stereocenters.